The van der Waals surface area contributed by atoms with E-state index in [1.165, 1.54) is 11.8 Å². The first-order valence-corrected chi connectivity index (χ1v) is 9.62. The van der Waals surface area contributed by atoms with Gasteiger partial charge in [0, 0.05) is 31.0 Å². The maximum Gasteiger partial charge on any atom is 0.490 e. The number of nitro groups is 1. The fraction of sp³-hybridized carbons (Fsp3) is 0.529. The van der Waals surface area contributed by atoms with Gasteiger partial charge in [-0.1, -0.05) is 25.6 Å². The first kappa shape index (κ1) is 26.5. The maximum absolute atomic E-state index is 13.2. The molecule has 0 spiro atoms. The molecular formula is C17H19F6N3O4S. The molecule has 31 heavy (non-hydrogen) atoms. The van der Waals surface area contributed by atoms with Gasteiger partial charge in [-0.25, -0.2) is 9.79 Å². The van der Waals surface area contributed by atoms with Crippen LogP contribution in [0.3, 0.4) is 0 Å². The largest absolute Gasteiger partial charge is 0.490 e. The maximum atomic E-state index is 13.2. The Morgan fingerprint density at radius 2 is 1.87 bits per heavy atom. The molecule has 0 bridgehead atoms. The number of non-ortho nitro benzene ring substituents is 1. The summed E-state index contributed by atoms with van der Waals surface area (Å²) in [6, 6.07) is 2.85. The van der Waals surface area contributed by atoms with Gasteiger partial charge >= 0.3 is 18.3 Å². The number of aliphatic imine (C=N–C) groups is 1. The van der Waals surface area contributed by atoms with Gasteiger partial charge in [-0.2, -0.15) is 26.3 Å². The fourth-order valence-corrected chi connectivity index (χ4v) is 3.70. The van der Waals surface area contributed by atoms with Gasteiger partial charge in [-0.3, -0.25) is 10.1 Å². The predicted molar refractivity (Wildman–Crippen MR) is 102 cm³/mol. The number of halogens is 6. The number of thioether (sulfide) groups is 1. The molecule has 0 aromatic heterocycles. The van der Waals surface area contributed by atoms with E-state index in [2.05, 4.69) is 18.8 Å². The van der Waals surface area contributed by atoms with Gasteiger partial charge < -0.3 is 10.0 Å². The summed E-state index contributed by atoms with van der Waals surface area (Å²) in [5.41, 5.74) is -1.99. The number of carboxylic acid groups (broad SMARTS) is 1. The van der Waals surface area contributed by atoms with E-state index in [-0.39, 0.29) is 11.7 Å². The summed E-state index contributed by atoms with van der Waals surface area (Å²) in [4.78, 5) is 24.8. The van der Waals surface area contributed by atoms with E-state index in [1.807, 2.05) is 11.9 Å². The lowest BCUT2D eigenvalue weighted by Crippen LogP contribution is -2.31. The van der Waals surface area contributed by atoms with Crippen molar-refractivity contribution in [3.05, 3.63) is 33.9 Å². The minimum Gasteiger partial charge on any atom is -0.475 e. The number of hydrogen-bond donors (Lipinski definition) is 1. The summed E-state index contributed by atoms with van der Waals surface area (Å²) in [6.07, 6.45) is -8.86. The molecule has 0 saturated carbocycles. The molecule has 1 aromatic carbocycles. The molecule has 0 aliphatic carbocycles. The van der Waals surface area contributed by atoms with Gasteiger partial charge in [0.25, 0.3) is 5.69 Å². The Labute approximate surface area is 177 Å². The lowest BCUT2D eigenvalue weighted by Gasteiger charge is -2.22. The normalized spacial score (nSPS) is 18.2. The van der Waals surface area contributed by atoms with Crippen LogP contribution >= 0.6 is 11.8 Å². The first-order chi connectivity index (χ1) is 14.0. The van der Waals surface area contributed by atoms with Crippen LogP contribution in [-0.4, -0.2) is 51.1 Å². The molecule has 1 saturated heterocycles. The zero-order valence-corrected chi connectivity index (χ0v) is 17.3. The second-order valence-electron chi connectivity index (χ2n) is 6.86. The van der Waals surface area contributed by atoms with Crippen LogP contribution in [-0.2, 0) is 11.0 Å². The summed E-state index contributed by atoms with van der Waals surface area (Å²) >= 11 is 1.40. The lowest BCUT2D eigenvalue weighted by molar-refractivity contribution is -0.385. The molecule has 1 atom stereocenters. The van der Waals surface area contributed by atoms with Gasteiger partial charge in [0.15, 0.2) is 5.17 Å². The van der Waals surface area contributed by atoms with E-state index >= 15 is 0 Å². The van der Waals surface area contributed by atoms with Crippen LogP contribution in [0.4, 0.5) is 37.7 Å². The topological polar surface area (TPSA) is 96.0 Å². The number of alkyl halides is 6. The third kappa shape index (κ3) is 7.92. The zero-order valence-electron chi connectivity index (χ0n) is 16.5. The molecule has 1 N–H and O–H groups in total. The van der Waals surface area contributed by atoms with Gasteiger partial charge in [0.2, 0.25) is 0 Å². The minimum atomic E-state index is -5.08. The number of carbonyl (C=O) groups is 1. The third-order valence-corrected chi connectivity index (χ3v) is 5.14. The Morgan fingerprint density at radius 1 is 1.32 bits per heavy atom. The molecule has 1 fully saturated rings. The number of benzene rings is 1. The summed E-state index contributed by atoms with van der Waals surface area (Å²) in [5.74, 6) is -1.52. The van der Waals surface area contributed by atoms with E-state index in [4.69, 9.17) is 9.90 Å². The predicted octanol–water partition coefficient (Wildman–Crippen LogP) is 5.33. The Morgan fingerprint density at radius 3 is 2.29 bits per heavy atom. The molecule has 14 heteroatoms. The van der Waals surface area contributed by atoms with Gasteiger partial charge in [-0.15, -0.1) is 0 Å². The number of amidine groups is 1. The molecule has 1 aliphatic heterocycles. The van der Waals surface area contributed by atoms with Crippen molar-refractivity contribution in [1.82, 2.24) is 4.90 Å². The molecule has 0 unspecified atom stereocenters. The van der Waals surface area contributed by atoms with Crippen LogP contribution < -0.4 is 0 Å². The highest BCUT2D eigenvalue weighted by atomic mass is 32.2. The van der Waals surface area contributed by atoms with Crippen LogP contribution in [0, 0.1) is 16.0 Å². The van der Waals surface area contributed by atoms with Gasteiger partial charge in [0.1, 0.15) is 0 Å². The van der Waals surface area contributed by atoms with E-state index in [0.717, 1.165) is 24.3 Å². The molecule has 0 amide bonds. The Hall–Kier alpha value is -2.51. The second kappa shape index (κ2) is 10.2. The highest BCUT2D eigenvalue weighted by Crippen LogP contribution is 2.40. The summed E-state index contributed by atoms with van der Waals surface area (Å²) in [7, 11) is 1.81. The van der Waals surface area contributed by atoms with Crippen LogP contribution in [0.15, 0.2) is 23.2 Å². The average molecular weight is 475 g/mol. The molecule has 0 radical (unpaired) electrons. The SMILES string of the molecule is CC(C)C[C@H]1CSC(=Nc2ccc([N+](=O)[O-])cc2C(F)(F)F)N1C.O=C(O)C(F)(F)F. The number of nitrogens with zero attached hydrogens (tertiary/aromatic N) is 3. The molecule has 174 valence electrons. The molecule has 1 aromatic rings. The fourth-order valence-electron chi connectivity index (χ4n) is 2.49. The van der Waals surface area contributed by atoms with Crippen LogP contribution in [0.1, 0.15) is 25.8 Å². The number of hydrogen-bond acceptors (Lipinski definition) is 5. The van der Waals surface area contributed by atoms with E-state index in [1.54, 1.807) is 0 Å². The highest BCUT2D eigenvalue weighted by molar-refractivity contribution is 8.14. The van der Waals surface area contributed by atoms with Crippen molar-refractivity contribution < 1.29 is 41.2 Å². The van der Waals surface area contributed by atoms with E-state index in [0.29, 0.717) is 17.2 Å². The van der Waals surface area contributed by atoms with Crippen molar-refractivity contribution >= 4 is 34.3 Å². The van der Waals surface area contributed by atoms with Crippen molar-refractivity contribution in [3.8, 4) is 0 Å². The van der Waals surface area contributed by atoms with E-state index < -0.39 is 34.5 Å². The molecule has 1 heterocycles. The van der Waals surface area contributed by atoms with Gasteiger partial charge in [0.05, 0.1) is 16.2 Å². The number of nitro benzene ring substituents is 1. The summed E-state index contributed by atoms with van der Waals surface area (Å²) in [6.45, 7) is 4.18. The molecule has 2 rings (SSSR count). The number of aliphatic carboxylic acids is 1. The Kier molecular flexibility index (Phi) is 8.73. The minimum absolute atomic E-state index is 0.223. The highest BCUT2D eigenvalue weighted by Gasteiger charge is 2.38. The monoisotopic (exact) mass is 475 g/mol. The third-order valence-electron chi connectivity index (χ3n) is 3.95. The van der Waals surface area contributed by atoms with Crippen LogP contribution in [0.2, 0.25) is 0 Å². The van der Waals surface area contributed by atoms with Crippen molar-refractivity contribution in [2.75, 3.05) is 12.8 Å². The first-order valence-electron chi connectivity index (χ1n) is 8.64. The van der Waals surface area contributed by atoms with Gasteiger partial charge in [-0.05, 0) is 18.4 Å². The standard InChI is InChI=1S/C15H18F3N3O2S.C2HF3O2/c1-9(2)6-11-8-24-14(20(11)3)19-13-5-4-10(21(22)23)7-12(13)15(16,17)18;3-2(4,5)1(6)7/h4-5,7,9,11H,6,8H2,1-3H3;(H,6,7)/t11-;/m0./s1. The quantitative estimate of drug-likeness (QED) is 0.359. The van der Waals surface area contributed by atoms with Crippen molar-refractivity contribution in [2.45, 2.75) is 38.7 Å². The lowest BCUT2D eigenvalue weighted by atomic mass is 10.0. The van der Waals surface area contributed by atoms with Crippen LogP contribution in [0.5, 0.6) is 0 Å². The Bertz CT molecular complexity index is 842. The Balaban J connectivity index is 0.000000592. The van der Waals surface area contributed by atoms with Crippen LogP contribution in [0.25, 0.3) is 0 Å². The van der Waals surface area contributed by atoms with Crippen molar-refractivity contribution in [3.63, 3.8) is 0 Å². The van der Waals surface area contributed by atoms with E-state index in [9.17, 15) is 36.5 Å². The van der Waals surface area contributed by atoms with Crippen molar-refractivity contribution in [1.29, 1.82) is 0 Å². The molecular weight excluding hydrogens is 456 g/mol. The smallest absolute Gasteiger partial charge is 0.475 e. The van der Waals surface area contributed by atoms with Crippen molar-refractivity contribution in [2.24, 2.45) is 10.9 Å². The zero-order chi connectivity index (χ0) is 24.1. The molecule has 1 aliphatic rings. The number of rotatable bonds is 4. The second-order valence-corrected chi connectivity index (χ2v) is 7.85. The summed E-state index contributed by atoms with van der Waals surface area (Å²) in [5, 5.41) is 18.3. The average Bonchev–Trinajstić information content (AvgIpc) is 2.93. The summed E-state index contributed by atoms with van der Waals surface area (Å²) < 4.78 is 71.3. The number of carboxylic acids is 1. The molecule has 7 nitrogen and oxygen atoms in total.